The molecule has 0 aliphatic carbocycles. The van der Waals surface area contributed by atoms with Crippen molar-refractivity contribution in [3.63, 3.8) is 0 Å². The van der Waals surface area contributed by atoms with Crippen molar-refractivity contribution < 1.29 is 5.11 Å². The molecule has 3 saturated heterocycles. The van der Waals surface area contributed by atoms with Gasteiger partial charge in [0, 0.05) is 24.4 Å². The number of aliphatic hydroxyl groups is 1. The lowest BCUT2D eigenvalue weighted by molar-refractivity contribution is -0.143. The molecule has 0 saturated carbocycles. The monoisotopic (exact) mass is 384 g/mol. The third kappa shape index (κ3) is 2.96. The first-order valence-electron chi connectivity index (χ1n) is 10.2. The van der Waals surface area contributed by atoms with Crippen LogP contribution >= 0.6 is 0 Å². The summed E-state index contributed by atoms with van der Waals surface area (Å²) >= 11 is 0. The SMILES string of the molecule is C#CC1N2CCC(CC2)C1(O)c1ccc(-n2cccn2)nc1Cc1ccccc1. The van der Waals surface area contributed by atoms with E-state index in [9.17, 15) is 5.11 Å². The molecule has 5 heterocycles. The van der Waals surface area contributed by atoms with Gasteiger partial charge in [0.15, 0.2) is 5.82 Å². The van der Waals surface area contributed by atoms with E-state index >= 15 is 0 Å². The minimum Gasteiger partial charge on any atom is -0.382 e. The number of fused-ring (bicyclic) bond motifs is 3. The summed E-state index contributed by atoms with van der Waals surface area (Å²) in [6.07, 6.45) is 12.1. The van der Waals surface area contributed by atoms with Gasteiger partial charge in [0.05, 0.1) is 5.69 Å². The van der Waals surface area contributed by atoms with E-state index in [1.54, 1.807) is 10.9 Å². The molecule has 3 aromatic rings. The number of rotatable bonds is 4. The van der Waals surface area contributed by atoms with Crippen molar-refractivity contribution in [2.24, 2.45) is 5.92 Å². The van der Waals surface area contributed by atoms with Crippen LogP contribution in [-0.2, 0) is 12.0 Å². The second-order valence-electron chi connectivity index (χ2n) is 7.98. The zero-order valence-electron chi connectivity index (χ0n) is 16.3. The Balaban J connectivity index is 1.64. The maximum Gasteiger partial charge on any atom is 0.153 e. The van der Waals surface area contributed by atoms with Crippen LogP contribution < -0.4 is 0 Å². The predicted octanol–water partition coefficient (Wildman–Crippen LogP) is 2.77. The third-order valence-corrected chi connectivity index (χ3v) is 6.44. The van der Waals surface area contributed by atoms with Gasteiger partial charge < -0.3 is 5.11 Å². The van der Waals surface area contributed by atoms with E-state index in [4.69, 9.17) is 11.4 Å². The molecule has 0 amide bonds. The van der Waals surface area contributed by atoms with Crippen LogP contribution in [0.5, 0.6) is 0 Å². The van der Waals surface area contributed by atoms with Gasteiger partial charge in [0.2, 0.25) is 0 Å². The first-order valence-corrected chi connectivity index (χ1v) is 10.2. The quantitative estimate of drug-likeness (QED) is 0.703. The fourth-order valence-corrected chi connectivity index (χ4v) is 5.01. The van der Waals surface area contributed by atoms with E-state index in [0.717, 1.165) is 48.6 Å². The normalized spacial score (nSPS) is 28.2. The molecule has 6 rings (SSSR count). The minimum absolute atomic E-state index is 0.153. The van der Waals surface area contributed by atoms with E-state index < -0.39 is 5.60 Å². The Morgan fingerprint density at radius 1 is 1.10 bits per heavy atom. The average molecular weight is 384 g/mol. The first kappa shape index (κ1) is 18.1. The van der Waals surface area contributed by atoms with Gasteiger partial charge in [-0.25, -0.2) is 9.67 Å². The number of benzene rings is 1. The molecule has 2 atom stereocenters. The third-order valence-electron chi connectivity index (χ3n) is 6.44. The van der Waals surface area contributed by atoms with Crippen molar-refractivity contribution >= 4 is 0 Å². The number of piperidine rings is 3. The van der Waals surface area contributed by atoms with E-state index in [1.807, 2.05) is 42.6 Å². The summed E-state index contributed by atoms with van der Waals surface area (Å²) in [6, 6.07) is 15.7. The standard InChI is InChI=1S/C24H24N4O/c1-2-22-24(29,19-11-15-27(22)16-12-19)20-9-10-23(28-14-6-13-25-28)26-21(20)17-18-7-4-3-5-8-18/h1,3-10,13-14,19,22,29H,11-12,15-17H2. The average Bonchev–Trinajstić information content (AvgIpc) is 3.30. The molecule has 0 spiro atoms. The number of terminal acetylenes is 1. The zero-order valence-corrected chi connectivity index (χ0v) is 16.3. The lowest BCUT2D eigenvalue weighted by atomic mass is 9.66. The van der Waals surface area contributed by atoms with Gasteiger partial charge in [0.1, 0.15) is 11.6 Å². The van der Waals surface area contributed by atoms with E-state index in [2.05, 4.69) is 28.1 Å². The highest BCUT2D eigenvalue weighted by atomic mass is 16.3. The predicted molar refractivity (Wildman–Crippen MR) is 111 cm³/mol. The lowest BCUT2D eigenvalue weighted by Crippen LogP contribution is -2.63. The van der Waals surface area contributed by atoms with Gasteiger partial charge in [-0.15, -0.1) is 6.42 Å². The number of hydrogen-bond donors (Lipinski definition) is 1. The van der Waals surface area contributed by atoms with Gasteiger partial charge in [-0.3, -0.25) is 4.90 Å². The van der Waals surface area contributed by atoms with E-state index in [0.29, 0.717) is 6.42 Å². The fourth-order valence-electron chi connectivity index (χ4n) is 5.01. The van der Waals surface area contributed by atoms with E-state index in [-0.39, 0.29) is 12.0 Å². The summed E-state index contributed by atoms with van der Waals surface area (Å²) in [5.41, 5.74) is 1.79. The van der Waals surface area contributed by atoms with Crippen LogP contribution in [0.1, 0.15) is 29.7 Å². The largest absolute Gasteiger partial charge is 0.382 e. The topological polar surface area (TPSA) is 54.2 Å². The molecule has 3 fully saturated rings. The second kappa shape index (κ2) is 7.14. The van der Waals surface area contributed by atoms with Crippen molar-refractivity contribution in [3.8, 4) is 18.2 Å². The molecule has 0 radical (unpaired) electrons. The molecule has 5 heteroatoms. The fraction of sp³-hybridized carbons (Fsp3) is 0.333. The summed E-state index contributed by atoms with van der Waals surface area (Å²) in [5.74, 6) is 3.78. The Kier molecular flexibility index (Phi) is 4.46. The van der Waals surface area contributed by atoms with Gasteiger partial charge in [0.25, 0.3) is 0 Å². The summed E-state index contributed by atoms with van der Waals surface area (Å²) in [7, 11) is 0. The molecular weight excluding hydrogens is 360 g/mol. The molecule has 1 N–H and O–H groups in total. The highest BCUT2D eigenvalue weighted by molar-refractivity contribution is 5.41. The Morgan fingerprint density at radius 3 is 2.59 bits per heavy atom. The minimum atomic E-state index is -1.08. The molecule has 1 aromatic carbocycles. The molecular formula is C24H24N4O. The van der Waals surface area contributed by atoms with Crippen LogP contribution in [0, 0.1) is 18.3 Å². The summed E-state index contributed by atoms with van der Waals surface area (Å²) in [6.45, 7) is 1.91. The molecule has 2 aromatic heterocycles. The summed E-state index contributed by atoms with van der Waals surface area (Å²) in [5, 5.41) is 16.3. The molecule has 146 valence electrons. The highest BCUT2D eigenvalue weighted by Gasteiger charge is 2.54. The zero-order chi connectivity index (χ0) is 19.8. The Morgan fingerprint density at radius 2 is 1.90 bits per heavy atom. The maximum atomic E-state index is 12.0. The van der Waals surface area contributed by atoms with Crippen LogP contribution in [0.3, 0.4) is 0 Å². The van der Waals surface area contributed by atoms with Crippen LogP contribution in [0.4, 0.5) is 0 Å². The molecule has 3 aliphatic heterocycles. The van der Waals surface area contributed by atoms with Crippen LogP contribution in [0.15, 0.2) is 60.9 Å². The van der Waals surface area contributed by atoms with Gasteiger partial charge in [-0.2, -0.15) is 5.10 Å². The van der Waals surface area contributed by atoms with Gasteiger partial charge in [-0.1, -0.05) is 42.3 Å². The lowest BCUT2D eigenvalue weighted by Gasteiger charge is -2.54. The van der Waals surface area contributed by atoms with Crippen molar-refractivity contribution in [3.05, 3.63) is 77.7 Å². The van der Waals surface area contributed by atoms with Crippen molar-refractivity contribution in [1.82, 2.24) is 19.7 Å². The highest BCUT2D eigenvalue weighted by Crippen LogP contribution is 2.47. The second-order valence-corrected chi connectivity index (χ2v) is 7.98. The van der Waals surface area contributed by atoms with Crippen LogP contribution in [0.25, 0.3) is 5.82 Å². The van der Waals surface area contributed by atoms with Crippen molar-refractivity contribution in [1.29, 1.82) is 0 Å². The van der Waals surface area contributed by atoms with Gasteiger partial charge >= 0.3 is 0 Å². The van der Waals surface area contributed by atoms with E-state index in [1.165, 1.54) is 0 Å². The maximum absolute atomic E-state index is 12.0. The number of hydrogen-bond acceptors (Lipinski definition) is 4. The Bertz CT molecular complexity index is 1030. The summed E-state index contributed by atoms with van der Waals surface area (Å²) < 4.78 is 1.75. The molecule has 5 nitrogen and oxygen atoms in total. The Labute approximate surface area is 171 Å². The number of nitrogens with zero attached hydrogens (tertiary/aromatic N) is 4. The van der Waals surface area contributed by atoms with Crippen molar-refractivity contribution in [2.75, 3.05) is 13.1 Å². The summed E-state index contributed by atoms with van der Waals surface area (Å²) in [4.78, 5) is 7.18. The van der Waals surface area contributed by atoms with Crippen LogP contribution in [-0.4, -0.2) is 43.9 Å². The number of pyridine rings is 1. The first-order chi connectivity index (χ1) is 14.2. The molecule has 2 bridgehead atoms. The number of aromatic nitrogens is 3. The molecule has 29 heavy (non-hydrogen) atoms. The van der Waals surface area contributed by atoms with Crippen LogP contribution in [0.2, 0.25) is 0 Å². The molecule has 3 aliphatic rings. The molecule has 2 unspecified atom stereocenters. The smallest absolute Gasteiger partial charge is 0.153 e. The van der Waals surface area contributed by atoms with Gasteiger partial charge in [-0.05, 0) is 49.5 Å². The Hall–Kier alpha value is -2.94. The van der Waals surface area contributed by atoms with Crippen molar-refractivity contribution in [2.45, 2.75) is 30.9 Å².